The molecule has 0 spiro atoms. The number of hydrogen-bond donors (Lipinski definition) is 2. The Kier molecular flexibility index (Phi) is 3.68. The maximum Gasteiger partial charge on any atom is 0.0702 e. The van der Waals surface area contributed by atoms with Crippen molar-refractivity contribution in [1.82, 2.24) is 5.32 Å². The topological polar surface area (TPSA) is 32.3 Å². The monoisotopic (exact) mass is 211 g/mol. The summed E-state index contributed by atoms with van der Waals surface area (Å²) < 4.78 is 0. The Bertz CT molecular complexity index is 205. The molecule has 1 saturated carbocycles. The van der Waals surface area contributed by atoms with Crippen LogP contribution in [0.1, 0.15) is 58.3 Å². The number of rotatable bonds is 3. The predicted octanol–water partition coefficient (Wildman–Crippen LogP) is 2.46. The van der Waals surface area contributed by atoms with Crippen LogP contribution < -0.4 is 5.32 Å². The highest BCUT2D eigenvalue weighted by Crippen LogP contribution is 2.40. The molecule has 3 unspecified atom stereocenters. The highest BCUT2D eigenvalue weighted by molar-refractivity contribution is 4.99. The van der Waals surface area contributed by atoms with Crippen molar-refractivity contribution in [1.29, 1.82) is 0 Å². The van der Waals surface area contributed by atoms with E-state index in [4.69, 9.17) is 0 Å². The van der Waals surface area contributed by atoms with E-state index < -0.39 is 0 Å². The van der Waals surface area contributed by atoms with Crippen LogP contribution in [-0.2, 0) is 0 Å². The van der Waals surface area contributed by atoms with Gasteiger partial charge >= 0.3 is 0 Å². The summed E-state index contributed by atoms with van der Waals surface area (Å²) in [5.74, 6) is 0.534. The molecule has 1 aliphatic heterocycles. The van der Waals surface area contributed by atoms with Gasteiger partial charge in [0.25, 0.3) is 0 Å². The van der Waals surface area contributed by atoms with Gasteiger partial charge in [-0.3, -0.25) is 0 Å². The second kappa shape index (κ2) is 4.84. The van der Waals surface area contributed by atoms with Gasteiger partial charge < -0.3 is 10.4 Å². The third-order valence-corrected chi connectivity index (χ3v) is 4.38. The standard InChI is InChI=1S/C13H25NO/c1-2-3-8-13(15)9-10-14-12-7-5-4-6-11(12)13/h11-12,14-15H,2-10H2,1H3. The van der Waals surface area contributed by atoms with Crippen molar-refractivity contribution in [3.8, 4) is 0 Å². The quantitative estimate of drug-likeness (QED) is 0.751. The van der Waals surface area contributed by atoms with Crippen molar-refractivity contribution < 1.29 is 5.11 Å². The normalized spacial score (nSPS) is 41.2. The van der Waals surface area contributed by atoms with Gasteiger partial charge in [0.15, 0.2) is 0 Å². The van der Waals surface area contributed by atoms with Gasteiger partial charge in [-0.2, -0.15) is 0 Å². The molecule has 0 amide bonds. The van der Waals surface area contributed by atoms with E-state index in [0.717, 1.165) is 19.4 Å². The third-order valence-electron chi connectivity index (χ3n) is 4.38. The van der Waals surface area contributed by atoms with Crippen LogP contribution in [0.25, 0.3) is 0 Å². The first-order valence-electron chi connectivity index (χ1n) is 6.72. The zero-order valence-electron chi connectivity index (χ0n) is 9.97. The van der Waals surface area contributed by atoms with Gasteiger partial charge in [0.1, 0.15) is 0 Å². The molecule has 1 saturated heterocycles. The number of hydrogen-bond acceptors (Lipinski definition) is 2. The Morgan fingerprint density at radius 2 is 2.13 bits per heavy atom. The molecule has 0 aromatic carbocycles. The van der Waals surface area contributed by atoms with E-state index in [1.54, 1.807) is 0 Å². The van der Waals surface area contributed by atoms with E-state index in [0.29, 0.717) is 12.0 Å². The fourth-order valence-electron chi connectivity index (χ4n) is 3.47. The average molecular weight is 211 g/mol. The maximum absolute atomic E-state index is 10.8. The van der Waals surface area contributed by atoms with Gasteiger partial charge in [0, 0.05) is 12.0 Å². The number of unbranched alkanes of at least 4 members (excludes halogenated alkanes) is 1. The molecular formula is C13H25NO. The molecule has 2 rings (SSSR count). The molecule has 2 nitrogen and oxygen atoms in total. The lowest BCUT2D eigenvalue weighted by Gasteiger charge is -2.48. The molecule has 2 N–H and O–H groups in total. The first-order valence-corrected chi connectivity index (χ1v) is 6.72. The van der Waals surface area contributed by atoms with Gasteiger partial charge in [0.2, 0.25) is 0 Å². The Balaban J connectivity index is 2.01. The summed E-state index contributed by atoms with van der Waals surface area (Å²) in [4.78, 5) is 0. The van der Waals surface area contributed by atoms with Gasteiger partial charge in [-0.15, -0.1) is 0 Å². The summed E-state index contributed by atoms with van der Waals surface area (Å²) in [5.41, 5.74) is -0.341. The van der Waals surface area contributed by atoms with Gasteiger partial charge in [0.05, 0.1) is 5.60 Å². The van der Waals surface area contributed by atoms with Gasteiger partial charge in [-0.25, -0.2) is 0 Å². The Labute approximate surface area is 93.5 Å². The second-order valence-corrected chi connectivity index (χ2v) is 5.41. The molecule has 0 radical (unpaired) electrons. The molecule has 15 heavy (non-hydrogen) atoms. The molecule has 2 aliphatic rings. The highest BCUT2D eigenvalue weighted by atomic mass is 16.3. The first-order chi connectivity index (χ1) is 7.26. The maximum atomic E-state index is 10.8. The largest absolute Gasteiger partial charge is 0.389 e. The SMILES string of the molecule is CCCCC1(O)CCNC2CCCCC21. The van der Waals surface area contributed by atoms with Crippen LogP contribution in [-0.4, -0.2) is 23.3 Å². The van der Waals surface area contributed by atoms with E-state index >= 15 is 0 Å². The minimum Gasteiger partial charge on any atom is -0.389 e. The van der Waals surface area contributed by atoms with Crippen molar-refractivity contribution in [3.63, 3.8) is 0 Å². The van der Waals surface area contributed by atoms with E-state index in [-0.39, 0.29) is 5.60 Å². The predicted molar refractivity (Wildman–Crippen MR) is 62.8 cm³/mol. The Morgan fingerprint density at radius 1 is 1.33 bits per heavy atom. The summed E-state index contributed by atoms with van der Waals surface area (Å²) in [6.45, 7) is 3.23. The van der Waals surface area contributed by atoms with Gasteiger partial charge in [-0.05, 0) is 32.2 Å². The lowest BCUT2D eigenvalue weighted by molar-refractivity contribution is -0.0788. The van der Waals surface area contributed by atoms with Crippen molar-refractivity contribution in [2.75, 3.05) is 6.54 Å². The minimum absolute atomic E-state index is 0.341. The molecule has 88 valence electrons. The summed E-state index contributed by atoms with van der Waals surface area (Å²) in [6.07, 6.45) is 9.54. The zero-order chi connectivity index (χ0) is 10.7. The molecule has 0 aromatic rings. The minimum atomic E-state index is -0.341. The molecule has 1 aliphatic carbocycles. The van der Waals surface area contributed by atoms with Crippen LogP contribution >= 0.6 is 0 Å². The van der Waals surface area contributed by atoms with Crippen LogP contribution in [0, 0.1) is 5.92 Å². The number of fused-ring (bicyclic) bond motifs is 1. The molecule has 0 aromatic heterocycles. The van der Waals surface area contributed by atoms with Crippen LogP contribution in [0.5, 0.6) is 0 Å². The van der Waals surface area contributed by atoms with E-state index in [1.165, 1.54) is 38.5 Å². The van der Waals surface area contributed by atoms with E-state index in [1.807, 2.05) is 0 Å². The molecule has 2 heteroatoms. The number of piperidine rings is 1. The lowest BCUT2D eigenvalue weighted by atomic mass is 9.68. The Hall–Kier alpha value is -0.0800. The molecular weight excluding hydrogens is 186 g/mol. The summed E-state index contributed by atoms with van der Waals surface area (Å²) in [7, 11) is 0. The summed E-state index contributed by atoms with van der Waals surface area (Å²) in [5, 5.41) is 14.4. The van der Waals surface area contributed by atoms with Crippen LogP contribution in [0.3, 0.4) is 0 Å². The number of aliphatic hydroxyl groups is 1. The van der Waals surface area contributed by atoms with E-state index in [9.17, 15) is 5.11 Å². The van der Waals surface area contributed by atoms with Crippen molar-refractivity contribution in [3.05, 3.63) is 0 Å². The molecule has 3 atom stereocenters. The Morgan fingerprint density at radius 3 is 2.93 bits per heavy atom. The molecule has 1 heterocycles. The third kappa shape index (κ3) is 2.36. The van der Waals surface area contributed by atoms with Crippen molar-refractivity contribution in [2.45, 2.75) is 69.9 Å². The van der Waals surface area contributed by atoms with Gasteiger partial charge in [-0.1, -0.05) is 32.6 Å². The smallest absolute Gasteiger partial charge is 0.0702 e. The fraction of sp³-hybridized carbons (Fsp3) is 1.00. The average Bonchev–Trinajstić information content (AvgIpc) is 2.27. The summed E-state index contributed by atoms with van der Waals surface area (Å²) >= 11 is 0. The van der Waals surface area contributed by atoms with Crippen LogP contribution in [0.15, 0.2) is 0 Å². The van der Waals surface area contributed by atoms with Crippen LogP contribution in [0.2, 0.25) is 0 Å². The second-order valence-electron chi connectivity index (χ2n) is 5.41. The van der Waals surface area contributed by atoms with Crippen molar-refractivity contribution >= 4 is 0 Å². The molecule has 2 fully saturated rings. The summed E-state index contributed by atoms with van der Waals surface area (Å²) in [6, 6.07) is 0.606. The van der Waals surface area contributed by atoms with Crippen molar-refractivity contribution in [2.24, 2.45) is 5.92 Å². The van der Waals surface area contributed by atoms with Crippen LogP contribution in [0.4, 0.5) is 0 Å². The molecule has 0 bridgehead atoms. The highest BCUT2D eigenvalue weighted by Gasteiger charge is 2.44. The lowest BCUT2D eigenvalue weighted by Crippen LogP contribution is -2.57. The van der Waals surface area contributed by atoms with E-state index in [2.05, 4.69) is 12.2 Å². The zero-order valence-corrected chi connectivity index (χ0v) is 9.97. The number of nitrogens with one attached hydrogen (secondary N) is 1. The fourth-order valence-corrected chi connectivity index (χ4v) is 3.47. The first kappa shape index (κ1) is 11.4.